The van der Waals surface area contributed by atoms with Crippen LogP contribution in [0.15, 0.2) is 41.8 Å². The Morgan fingerprint density at radius 2 is 1.74 bits per heavy atom. The van der Waals surface area contributed by atoms with Crippen LogP contribution in [0, 0.1) is 5.92 Å². The highest BCUT2D eigenvalue weighted by Gasteiger charge is 2.29. The summed E-state index contributed by atoms with van der Waals surface area (Å²) in [5.74, 6) is 0.267. The van der Waals surface area contributed by atoms with Crippen molar-refractivity contribution >= 4 is 28.8 Å². The smallest absolute Gasteiger partial charge is 0.263 e. The zero-order valence-electron chi connectivity index (χ0n) is 16.2. The van der Waals surface area contributed by atoms with E-state index in [0.29, 0.717) is 19.6 Å². The number of nitrogens with zero attached hydrogens (tertiary/aromatic N) is 3. The first kappa shape index (κ1) is 19.4. The number of likely N-dealkylation sites (tertiary alicyclic amines) is 1. The van der Waals surface area contributed by atoms with Crippen LogP contribution in [-0.2, 0) is 11.3 Å². The third-order valence-electron chi connectivity index (χ3n) is 5.11. The van der Waals surface area contributed by atoms with Gasteiger partial charge in [0.05, 0.1) is 4.88 Å². The van der Waals surface area contributed by atoms with E-state index in [1.807, 2.05) is 48.5 Å². The molecule has 0 aliphatic carbocycles. The Kier molecular flexibility index (Phi) is 6.16. The van der Waals surface area contributed by atoms with Crippen LogP contribution in [0.2, 0.25) is 0 Å². The molecular formula is C21H27N3O2S. The fourth-order valence-electron chi connectivity index (χ4n) is 3.45. The molecule has 1 aromatic carbocycles. The van der Waals surface area contributed by atoms with Gasteiger partial charge in [-0.05, 0) is 42.0 Å². The van der Waals surface area contributed by atoms with Gasteiger partial charge in [0.2, 0.25) is 5.91 Å². The van der Waals surface area contributed by atoms with E-state index in [9.17, 15) is 9.59 Å². The minimum absolute atomic E-state index is 0.00318. The fourth-order valence-corrected chi connectivity index (χ4v) is 4.14. The summed E-state index contributed by atoms with van der Waals surface area (Å²) in [5.41, 5.74) is 2.28. The van der Waals surface area contributed by atoms with Gasteiger partial charge in [0.25, 0.3) is 5.91 Å². The Hall–Kier alpha value is -2.34. The zero-order chi connectivity index (χ0) is 19.4. The number of rotatable bonds is 5. The molecule has 27 heavy (non-hydrogen) atoms. The SMILES string of the molecule is CN(Cc1ccc(N(C)C)cc1)C(=O)C1CCN(C(=O)c2cccs2)CC1. The number of piperidine rings is 1. The lowest BCUT2D eigenvalue weighted by Gasteiger charge is -2.33. The maximum atomic E-state index is 12.8. The first-order chi connectivity index (χ1) is 13.0. The molecule has 0 unspecified atom stereocenters. The highest BCUT2D eigenvalue weighted by atomic mass is 32.1. The van der Waals surface area contributed by atoms with Crippen LogP contribution < -0.4 is 4.90 Å². The van der Waals surface area contributed by atoms with Crippen LogP contribution in [0.25, 0.3) is 0 Å². The van der Waals surface area contributed by atoms with E-state index in [2.05, 4.69) is 29.2 Å². The number of thiophene rings is 1. The van der Waals surface area contributed by atoms with E-state index in [1.165, 1.54) is 11.3 Å². The number of carbonyl (C=O) groups excluding carboxylic acids is 2. The molecule has 1 aliphatic rings. The summed E-state index contributed by atoms with van der Waals surface area (Å²) < 4.78 is 0. The van der Waals surface area contributed by atoms with E-state index in [-0.39, 0.29) is 17.7 Å². The van der Waals surface area contributed by atoms with Crippen molar-refractivity contribution < 1.29 is 9.59 Å². The van der Waals surface area contributed by atoms with Gasteiger partial charge in [-0.2, -0.15) is 0 Å². The van der Waals surface area contributed by atoms with Gasteiger partial charge in [0.15, 0.2) is 0 Å². The Bertz CT molecular complexity index is 763. The summed E-state index contributed by atoms with van der Waals surface area (Å²) in [4.78, 5) is 31.7. The van der Waals surface area contributed by atoms with Gasteiger partial charge < -0.3 is 14.7 Å². The maximum absolute atomic E-state index is 12.8. The molecule has 0 radical (unpaired) electrons. The second-order valence-corrected chi connectivity index (χ2v) is 8.25. The summed E-state index contributed by atoms with van der Waals surface area (Å²) in [6.45, 7) is 1.91. The van der Waals surface area contributed by atoms with E-state index < -0.39 is 0 Å². The van der Waals surface area contributed by atoms with Crippen molar-refractivity contribution in [2.45, 2.75) is 19.4 Å². The second kappa shape index (κ2) is 8.57. The van der Waals surface area contributed by atoms with Crippen LogP contribution >= 0.6 is 11.3 Å². The monoisotopic (exact) mass is 385 g/mol. The summed E-state index contributed by atoms with van der Waals surface area (Å²) in [6, 6.07) is 12.0. The molecule has 6 heteroatoms. The summed E-state index contributed by atoms with van der Waals surface area (Å²) >= 11 is 1.47. The predicted octanol–water partition coefficient (Wildman–Crippen LogP) is 3.32. The van der Waals surface area contributed by atoms with Gasteiger partial charge in [-0.15, -0.1) is 11.3 Å². The molecule has 0 N–H and O–H groups in total. The molecule has 1 aliphatic heterocycles. The van der Waals surface area contributed by atoms with Crippen molar-refractivity contribution in [1.82, 2.24) is 9.80 Å². The van der Waals surface area contributed by atoms with Gasteiger partial charge >= 0.3 is 0 Å². The first-order valence-corrected chi connectivity index (χ1v) is 10.2. The van der Waals surface area contributed by atoms with Gasteiger partial charge in [0, 0.05) is 52.4 Å². The summed E-state index contributed by atoms with van der Waals surface area (Å²) in [5, 5.41) is 1.92. The molecule has 2 aromatic rings. The van der Waals surface area contributed by atoms with Gasteiger partial charge in [-0.25, -0.2) is 0 Å². The lowest BCUT2D eigenvalue weighted by molar-refractivity contribution is -0.136. The number of anilines is 1. The topological polar surface area (TPSA) is 43.9 Å². The molecule has 0 atom stereocenters. The van der Waals surface area contributed by atoms with Crippen molar-refractivity contribution in [1.29, 1.82) is 0 Å². The molecular weight excluding hydrogens is 358 g/mol. The van der Waals surface area contributed by atoms with Crippen LogP contribution in [0.1, 0.15) is 28.1 Å². The number of hydrogen-bond donors (Lipinski definition) is 0. The number of benzene rings is 1. The molecule has 2 heterocycles. The Balaban J connectivity index is 1.51. The molecule has 0 bridgehead atoms. The predicted molar refractivity (Wildman–Crippen MR) is 110 cm³/mol. The van der Waals surface area contributed by atoms with Crippen LogP contribution in [0.4, 0.5) is 5.69 Å². The molecule has 1 fully saturated rings. The standard InChI is InChI=1S/C21H27N3O2S/c1-22(2)18-8-6-16(7-9-18)15-23(3)20(25)17-10-12-24(13-11-17)21(26)19-5-4-14-27-19/h4-9,14,17H,10-13,15H2,1-3H3. The van der Waals surface area contributed by atoms with E-state index >= 15 is 0 Å². The Morgan fingerprint density at radius 1 is 1.07 bits per heavy atom. The average Bonchev–Trinajstić information content (AvgIpc) is 3.22. The molecule has 2 amide bonds. The van der Waals surface area contributed by atoms with Crippen LogP contribution in [-0.4, -0.2) is 55.8 Å². The van der Waals surface area contributed by atoms with Gasteiger partial charge in [0.1, 0.15) is 0 Å². The van der Waals surface area contributed by atoms with Crippen LogP contribution in [0.3, 0.4) is 0 Å². The van der Waals surface area contributed by atoms with Crippen molar-refractivity contribution in [2.75, 3.05) is 39.1 Å². The highest BCUT2D eigenvalue weighted by molar-refractivity contribution is 7.12. The minimum Gasteiger partial charge on any atom is -0.378 e. The molecule has 144 valence electrons. The lowest BCUT2D eigenvalue weighted by Crippen LogP contribution is -2.43. The van der Waals surface area contributed by atoms with E-state index in [4.69, 9.17) is 0 Å². The first-order valence-electron chi connectivity index (χ1n) is 9.29. The Labute approximate surface area is 165 Å². The zero-order valence-corrected chi connectivity index (χ0v) is 17.0. The number of amides is 2. The third-order valence-corrected chi connectivity index (χ3v) is 5.97. The Morgan fingerprint density at radius 3 is 2.30 bits per heavy atom. The molecule has 1 saturated heterocycles. The lowest BCUT2D eigenvalue weighted by atomic mass is 9.95. The van der Waals surface area contributed by atoms with Gasteiger partial charge in [-0.1, -0.05) is 18.2 Å². The summed E-state index contributed by atoms with van der Waals surface area (Å²) in [6.07, 6.45) is 1.47. The normalized spacial score (nSPS) is 14.9. The fraction of sp³-hybridized carbons (Fsp3) is 0.429. The molecule has 0 spiro atoms. The third kappa shape index (κ3) is 4.69. The summed E-state index contributed by atoms with van der Waals surface area (Å²) in [7, 11) is 5.89. The van der Waals surface area contributed by atoms with Crippen LogP contribution in [0.5, 0.6) is 0 Å². The second-order valence-electron chi connectivity index (χ2n) is 7.30. The molecule has 5 nitrogen and oxygen atoms in total. The number of carbonyl (C=O) groups is 2. The molecule has 3 rings (SSSR count). The van der Waals surface area contributed by atoms with E-state index in [1.54, 1.807) is 0 Å². The average molecular weight is 386 g/mol. The maximum Gasteiger partial charge on any atom is 0.263 e. The van der Waals surface area contributed by atoms with Crippen molar-refractivity contribution in [3.8, 4) is 0 Å². The largest absolute Gasteiger partial charge is 0.378 e. The minimum atomic E-state index is 0.00318. The van der Waals surface area contributed by atoms with Crippen molar-refractivity contribution in [2.24, 2.45) is 5.92 Å². The number of hydrogen-bond acceptors (Lipinski definition) is 4. The molecule has 1 aromatic heterocycles. The molecule has 0 saturated carbocycles. The van der Waals surface area contributed by atoms with Crippen molar-refractivity contribution in [3.63, 3.8) is 0 Å². The van der Waals surface area contributed by atoms with E-state index in [0.717, 1.165) is 29.0 Å². The highest BCUT2D eigenvalue weighted by Crippen LogP contribution is 2.23. The van der Waals surface area contributed by atoms with Gasteiger partial charge in [-0.3, -0.25) is 9.59 Å². The quantitative estimate of drug-likeness (QED) is 0.793. The van der Waals surface area contributed by atoms with Crippen molar-refractivity contribution in [3.05, 3.63) is 52.2 Å².